The van der Waals surface area contributed by atoms with Crippen LogP contribution in [0.15, 0.2) is 35.2 Å². The van der Waals surface area contributed by atoms with Crippen molar-refractivity contribution in [3.05, 3.63) is 42.4 Å². The Morgan fingerprint density at radius 3 is 2.83 bits per heavy atom. The smallest absolute Gasteiger partial charge is 0.217 e. The number of imidazole rings is 1. The molecule has 2 aliphatic heterocycles. The molecule has 5 rings (SSSR count). The van der Waals surface area contributed by atoms with Crippen LogP contribution in [0.25, 0.3) is 11.6 Å². The second-order valence-electron chi connectivity index (χ2n) is 7.77. The van der Waals surface area contributed by atoms with Crippen LogP contribution in [0.1, 0.15) is 49.9 Å². The van der Waals surface area contributed by atoms with Crippen molar-refractivity contribution in [2.75, 3.05) is 19.8 Å². The van der Waals surface area contributed by atoms with E-state index in [4.69, 9.17) is 24.0 Å². The molecule has 2 atom stereocenters. The van der Waals surface area contributed by atoms with E-state index in [0.717, 1.165) is 57.2 Å². The van der Waals surface area contributed by atoms with E-state index in [2.05, 4.69) is 21.2 Å². The van der Waals surface area contributed by atoms with E-state index in [1.165, 1.54) is 0 Å². The summed E-state index contributed by atoms with van der Waals surface area (Å²) in [7, 11) is 0. The number of hydrogen-bond acceptors (Lipinski definition) is 6. The third-order valence-corrected chi connectivity index (χ3v) is 5.98. The van der Waals surface area contributed by atoms with E-state index in [1.54, 1.807) is 6.26 Å². The molecular weight excluding hydrogens is 370 g/mol. The van der Waals surface area contributed by atoms with E-state index in [0.29, 0.717) is 24.1 Å². The molecule has 8 heteroatoms. The van der Waals surface area contributed by atoms with E-state index in [1.807, 2.05) is 24.5 Å². The summed E-state index contributed by atoms with van der Waals surface area (Å²) in [6, 6.07) is 3.78. The zero-order chi connectivity index (χ0) is 19.6. The highest BCUT2D eigenvalue weighted by atomic mass is 16.5. The van der Waals surface area contributed by atoms with Crippen molar-refractivity contribution in [3.8, 4) is 11.6 Å². The van der Waals surface area contributed by atoms with Crippen molar-refractivity contribution >= 4 is 0 Å². The van der Waals surface area contributed by atoms with Gasteiger partial charge in [-0.2, -0.15) is 0 Å². The number of rotatable bonds is 6. The summed E-state index contributed by atoms with van der Waals surface area (Å²) in [4.78, 5) is 9.52. The van der Waals surface area contributed by atoms with Crippen LogP contribution in [-0.4, -0.2) is 44.1 Å². The number of nitrogens with zero attached hydrogens (tertiary/aromatic N) is 5. The lowest BCUT2D eigenvalue weighted by molar-refractivity contribution is 0.0590. The van der Waals surface area contributed by atoms with E-state index < -0.39 is 0 Å². The highest BCUT2D eigenvalue weighted by Crippen LogP contribution is 2.41. The molecule has 3 aromatic heterocycles. The van der Waals surface area contributed by atoms with Crippen molar-refractivity contribution in [2.45, 2.75) is 51.3 Å². The van der Waals surface area contributed by atoms with Crippen LogP contribution < -0.4 is 0 Å². The first-order valence-electron chi connectivity index (χ1n) is 10.5. The molecule has 2 saturated heterocycles. The lowest BCUT2D eigenvalue weighted by Crippen LogP contribution is -2.23. The summed E-state index contributed by atoms with van der Waals surface area (Å²) in [5, 5.41) is 4.84. The maximum absolute atomic E-state index is 6.14. The van der Waals surface area contributed by atoms with Gasteiger partial charge in [-0.15, -0.1) is 5.10 Å². The second kappa shape index (κ2) is 8.12. The van der Waals surface area contributed by atoms with Gasteiger partial charge in [0.05, 0.1) is 12.2 Å². The highest BCUT2D eigenvalue weighted by Gasteiger charge is 2.38. The SMILES string of the molecule is CCn1ccnc1[C@@H]1OCC[C@H]1c1nc(-c2ccco2)nn1CC1CCOCC1. The summed E-state index contributed by atoms with van der Waals surface area (Å²) in [5.74, 6) is 3.95. The fourth-order valence-corrected chi connectivity index (χ4v) is 4.40. The number of hydrogen-bond donors (Lipinski definition) is 0. The van der Waals surface area contributed by atoms with Crippen LogP contribution in [0.3, 0.4) is 0 Å². The van der Waals surface area contributed by atoms with Gasteiger partial charge < -0.3 is 18.5 Å². The number of aryl methyl sites for hydroxylation is 1. The zero-order valence-electron chi connectivity index (χ0n) is 16.7. The molecule has 0 unspecified atom stereocenters. The van der Waals surface area contributed by atoms with Gasteiger partial charge in [-0.05, 0) is 44.2 Å². The Morgan fingerprint density at radius 2 is 2.03 bits per heavy atom. The van der Waals surface area contributed by atoms with Crippen molar-refractivity contribution in [2.24, 2.45) is 5.92 Å². The van der Waals surface area contributed by atoms with Gasteiger partial charge in [0, 0.05) is 45.3 Å². The molecular formula is C21H27N5O3. The molecule has 0 spiro atoms. The van der Waals surface area contributed by atoms with Gasteiger partial charge in [-0.25, -0.2) is 14.6 Å². The maximum Gasteiger partial charge on any atom is 0.217 e. The summed E-state index contributed by atoms with van der Waals surface area (Å²) >= 11 is 0. The average Bonchev–Trinajstić information content (AvgIpc) is 3.54. The van der Waals surface area contributed by atoms with Gasteiger partial charge in [-0.3, -0.25) is 0 Å². The van der Waals surface area contributed by atoms with Crippen LogP contribution in [0, 0.1) is 5.92 Å². The number of aromatic nitrogens is 5. The first kappa shape index (κ1) is 18.6. The molecule has 0 radical (unpaired) electrons. The molecule has 29 heavy (non-hydrogen) atoms. The first-order valence-corrected chi connectivity index (χ1v) is 10.5. The van der Waals surface area contributed by atoms with Crippen LogP contribution in [0.5, 0.6) is 0 Å². The Bertz CT molecular complexity index is 926. The van der Waals surface area contributed by atoms with Crippen molar-refractivity contribution in [1.82, 2.24) is 24.3 Å². The Morgan fingerprint density at radius 1 is 1.14 bits per heavy atom. The van der Waals surface area contributed by atoms with E-state index >= 15 is 0 Å². The summed E-state index contributed by atoms with van der Waals surface area (Å²) in [5.41, 5.74) is 0. The fourth-order valence-electron chi connectivity index (χ4n) is 4.40. The molecule has 154 valence electrons. The van der Waals surface area contributed by atoms with E-state index in [9.17, 15) is 0 Å². The van der Waals surface area contributed by atoms with Crippen LogP contribution in [0.4, 0.5) is 0 Å². The van der Waals surface area contributed by atoms with Gasteiger partial charge in [0.15, 0.2) is 5.76 Å². The lowest BCUT2D eigenvalue weighted by atomic mass is 9.98. The fraction of sp³-hybridized carbons (Fsp3) is 0.571. The Labute approximate surface area is 169 Å². The van der Waals surface area contributed by atoms with Crippen LogP contribution in [0.2, 0.25) is 0 Å². The third kappa shape index (κ3) is 3.62. The molecule has 0 aromatic carbocycles. The van der Waals surface area contributed by atoms with Gasteiger partial charge in [0.1, 0.15) is 17.8 Å². The Kier molecular flexibility index (Phi) is 5.20. The average molecular weight is 397 g/mol. The van der Waals surface area contributed by atoms with Crippen LogP contribution in [-0.2, 0) is 22.6 Å². The minimum Gasteiger partial charge on any atom is -0.461 e. The summed E-state index contributed by atoms with van der Waals surface area (Å²) in [6.45, 7) is 6.18. The number of furan rings is 1. The maximum atomic E-state index is 6.14. The monoisotopic (exact) mass is 397 g/mol. The van der Waals surface area contributed by atoms with Gasteiger partial charge >= 0.3 is 0 Å². The largest absolute Gasteiger partial charge is 0.461 e. The highest BCUT2D eigenvalue weighted by molar-refractivity contribution is 5.45. The van der Waals surface area contributed by atoms with Gasteiger partial charge in [0.25, 0.3) is 0 Å². The quantitative estimate of drug-likeness (QED) is 0.634. The molecule has 5 heterocycles. The first-order chi connectivity index (χ1) is 14.3. The Balaban J connectivity index is 1.50. The van der Waals surface area contributed by atoms with E-state index in [-0.39, 0.29) is 12.0 Å². The normalized spacial score (nSPS) is 23.1. The predicted octanol–water partition coefficient (Wildman–Crippen LogP) is 3.43. The number of ether oxygens (including phenoxy) is 2. The second-order valence-corrected chi connectivity index (χ2v) is 7.77. The molecule has 3 aromatic rings. The molecule has 8 nitrogen and oxygen atoms in total. The van der Waals surface area contributed by atoms with Crippen molar-refractivity contribution in [3.63, 3.8) is 0 Å². The molecule has 0 bridgehead atoms. The molecule has 2 fully saturated rings. The lowest BCUT2D eigenvalue weighted by Gasteiger charge is -2.24. The van der Waals surface area contributed by atoms with Gasteiger partial charge in [0.2, 0.25) is 5.82 Å². The minimum atomic E-state index is -0.105. The molecule has 0 amide bonds. The molecule has 2 aliphatic rings. The predicted molar refractivity (Wildman–Crippen MR) is 105 cm³/mol. The molecule has 0 saturated carbocycles. The topological polar surface area (TPSA) is 80.1 Å². The molecule has 0 N–H and O–H groups in total. The summed E-state index contributed by atoms with van der Waals surface area (Å²) < 4.78 is 21.5. The third-order valence-electron chi connectivity index (χ3n) is 5.98. The minimum absolute atomic E-state index is 0.105. The summed E-state index contributed by atoms with van der Waals surface area (Å²) in [6.07, 6.45) is 8.43. The Hall–Kier alpha value is -2.45. The van der Waals surface area contributed by atoms with Gasteiger partial charge in [-0.1, -0.05) is 0 Å². The zero-order valence-corrected chi connectivity index (χ0v) is 16.7. The van der Waals surface area contributed by atoms with Crippen molar-refractivity contribution in [1.29, 1.82) is 0 Å². The van der Waals surface area contributed by atoms with Crippen molar-refractivity contribution < 1.29 is 13.9 Å². The standard InChI is InChI=1S/C21H27N5O3/c1-2-25-9-8-22-21(25)18-16(7-13-29-18)20-23-19(17-4-3-10-28-17)24-26(20)14-15-5-11-27-12-6-15/h3-4,8-10,15-16,18H,2,5-7,11-14H2,1H3/t16-,18-/m1/s1. The molecule has 0 aliphatic carbocycles. The van der Waals surface area contributed by atoms with Crippen LogP contribution >= 0.6 is 0 Å².